The van der Waals surface area contributed by atoms with Crippen LogP contribution in [0.2, 0.25) is 0 Å². The topological polar surface area (TPSA) is 43.1 Å². The molecule has 2 nitrogen and oxygen atoms in total. The summed E-state index contributed by atoms with van der Waals surface area (Å²) in [4.78, 5) is 11.5. The third-order valence-corrected chi connectivity index (χ3v) is 3.45. The highest BCUT2D eigenvalue weighted by molar-refractivity contribution is 5.81. The zero-order valence-electron chi connectivity index (χ0n) is 8.55. The number of nitrogens with two attached hydrogens (primary N) is 1. The van der Waals surface area contributed by atoms with Crippen molar-refractivity contribution in [2.45, 2.75) is 39.5 Å². The quantitative estimate of drug-likeness (QED) is 0.667. The van der Waals surface area contributed by atoms with Crippen molar-refractivity contribution in [3.63, 3.8) is 0 Å². The Morgan fingerprint density at radius 1 is 1.62 bits per heavy atom. The Balaban J connectivity index is 2.87. The number of carbonyl (C=O) groups is 1. The van der Waals surface area contributed by atoms with Crippen molar-refractivity contribution in [3.8, 4) is 0 Å². The van der Waals surface area contributed by atoms with Gasteiger partial charge in [0.2, 0.25) is 5.91 Å². The van der Waals surface area contributed by atoms with Gasteiger partial charge in [0.05, 0.1) is 5.41 Å². The van der Waals surface area contributed by atoms with Crippen molar-refractivity contribution >= 4 is 5.91 Å². The van der Waals surface area contributed by atoms with Crippen LogP contribution in [0.1, 0.15) is 39.5 Å². The lowest BCUT2D eigenvalue weighted by Crippen LogP contribution is -2.42. The second-order valence-electron chi connectivity index (χ2n) is 4.04. The summed E-state index contributed by atoms with van der Waals surface area (Å²) in [6, 6.07) is 0. The van der Waals surface area contributed by atoms with Gasteiger partial charge in [-0.05, 0) is 25.2 Å². The fourth-order valence-corrected chi connectivity index (χ4v) is 2.16. The van der Waals surface area contributed by atoms with Crippen LogP contribution in [0.4, 0.5) is 0 Å². The molecule has 0 saturated heterocycles. The smallest absolute Gasteiger partial charge is 0.224 e. The predicted molar refractivity (Wildman–Crippen MR) is 54.1 cm³/mol. The van der Waals surface area contributed by atoms with Gasteiger partial charge < -0.3 is 5.73 Å². The molecule has 1 aliphatic rings. The van der Waals surface area contributed by atoms with Crippen LogP contribution in [0.25, 0.3) is 0 Å². The molecule has 0 aromatic carbocycles. The number of rotatable bonds is 3. The zero-order valence-corrected chi connectivity index (χ0v) is 8.55. The SMILES string of the molecule is CCC(C)C1(C(N)=O)CC=CCC1. The second kappa shape index (κ2) is 3.95. The summed E-state index contributed by atoms with van der Waals surface area (Å²) in [5.74, 6) is 0.279. The van der Waals surface area contributed by atoms with Crippen molar-refractivity contribution in [1.29, 1.82) is 0 Å². The fraction of sp³-hybridized carbons (Fsp3) is 0.727. The molecule has 74 valence electrons. The molecule has 2 heteroatoms. The zero-order chi connectivity index (χ0) is 9.90. The minimum Gasteiger partial charge on any atom is -0.369 e. The largest absolute Gasteiger partial charge is 0.369 e. The van der Waals surface area contributed by atoms with Gasteiger partial charge in [0.25, 0.3) is 0 Å². The fourth-order valence-electron chi connectivity index (χ4n) is 2.16. The first kappa shape index (κ1) is 10.3. The standard InChI is InChI=1S/C11H19NO/c1-3-9(2)11(10(12)13)7-5-4-6-8-11/h4-5,9H,3,6-8H2,1-2H3,(H2,12,13). The van der Waals surface area contributed by atoms with E-state index in [1.54, 1.807) is 0 Å². The van der Waals surface area contributed by atoms with Crippen LogP contribution in [0, 0.1) is 11.3 Å². The molecule has 1 amide bonds. The molecular weight excluding hydrogens is 162 g/mol. The van der Waals surface area contributed by atoms with E-state index < -0.39 is 0 Å². The third kappa shape index (κ3) is 1.77. The molecule has 1 aliphatic carbocycles. The summed E-state index contributed by atoms with van der Waals surface area (Å²) >= 11 is 0. The van der Waals surface area contributed by atoms with Crippen molar-refractivity contribution in [3.05, 3.63) is 12.2 Å². The van der Waals surface area contributed by atoms with Crippen molar-refractivity contribution in [2.24, 2.45) is 17.1 Å². The molecule has 0 aliphatic heterocycles. The molecule has 0 radical (unpaired) electrons. The summed E-state index contributed by atoms with van der Waals surface area (Å²) in [6.07, 6.45) is 8.01. The third-order valence-electron chi connectivity index (χ3n) is 3.45. The summed E-state index contributed by atoms with van der Waals surface area (Å²) in [7, 11) is 0. The van der Waals surface area contributed by atoms with Gasteiger partial charge in [-0.2, -0.15) is 0 Å². The molecule has 0 heterocycles. The molecule has 0 fully saturated rings. The first-order valence-electron chi connectivity index (χ1n) is 5.08. The lowest BCUT2D eigenvalue weighted by Gasteiger charge is -2.36. The monoisotopic (exact) mass is 181 g/mol. The lowest BCUT2D eigenvalue weighted by molar-refractivity contribution is -0.131. The summed E-state index contributed by atoms with van der Waals surface area (Å²) in [6.45, 7) is 4.25. The molecule has 0 bridgehead atoms. The Bertz CT molecular complexity index is 222. The van der Waals surface area contributed by atoms with E-state index in [4.69, 9.17) is 5.73 Å². The van der Waals surface area contributed by atoms with Gasteiger partial charge in [0.15, 0.2) is 0 Å². The molecule has 0 saturated carbocycles. The van der Waals surface area contributed by atoms with Gasteiger partial charge in [-0.3, -0.25) is 4.79 Å². The van der Waals surface area contributed by atoms with Gasteiger partial charge in [-0.1, -0.05) is 32.4 Å². The molecule has 1 rings (SSSR count). The second-order valence-corrected chi connectivity index (χ2v) is 4.04. The number of primary amides is 1. The minimum absolute atomic E-state index is 0.119. The van der Waals surface area contributed by atoms with Crippen molar-refractivity contribution < 1.29 is 4.79 Å². The van der Waals surface area contributed by atoms with Crippen LogP contribution in [0.5, 0.6) is 0 Å². The Morgan fingerprint density at radius 2 is 2.31 bits per heavy atom. The van der Waals surface area contributed by atoms with Gasteiger partial charge in [-0.15, -0.1) is 0 Å². The van der Waals surface area contributed by atoms with Crippen LogP contribution in [-0.4, -0.2) is 5.91 Å². The van der Waals surface area contributed by atoms with Crippen LogP contribution < -0.4 is 5.73 Å². The molecule has 0 aromatic rings. The Morgan fingerprint density at radius 3 is 2.69 bits per heavy atom. The maximum Gasteiger partial charge on any atom is 0.224 e. The van der Waals surface area contributed by atoms with E-state index >= 15 is 0 Å². The van der Waals surface area contributed by atoms with Gasteiger partial charge in [0, 0.05) is 0 Å². The maximum atomic E-state index is 11.5. The molecule has 2 atom stereocenters. The van der Waals surface area contributed by atoms with E-state index in [9.17, 15) is 4.79 Å². The number of hydrogen-bond donors (Lipinski definition) is 1. The Hall–Kier alpha value is -0.790. The maximum absolute atomic E-state index is 11.5. The lowest BCUT2D eigenvalue weighted by atomic mass is 9.67. The minimum atomic E-state index is -0.260. The molecule has 0 aromatic heterocycles. The van der Waals surface area contributed by atoms with Gasteiger partial charge in [-0.25, -0.2) is 0 Å². The molecule has 2 N–H and O–H groups in total. The Labute approximate surface area is 80.2 Å². The normalized spacial score (nSPS) is 30.0. The van der Waals surface area contributed by atoms with E-state index in [1.807, 2.05) is 0 Å². The number of carbonyl (C=O) groups excluding carboxylic acids is 1. The van der Waals surface area contributed by atoms with Crippen LogP contribution >= 0.6 is 0 Å². The van der Waals surface area contributed by atoms with Gasteiger partial charge in [0.1, 0.15) is 0 Å². The molecule has 13 heavy (non-hydrogen) atoms. The summed E-state index contributed by atoms with van der Waals surface area (Å²) in [5.41, 5.74) is 5.25. The molecule has 0 spiro atoms. The highest BCUT2D eigenvalue weighted by atomic mass is 16.1. The van der Waals surface area contributed by atoms with Crippen molar-refractivity contribution in [2.75, 3.05) is 0 Å². The predicted octanol–water partition coefficient (Wildman–Crippen LogP) is 2.24. The number of amides is 1. The number of hydrogen-bond acceptors (Lipinski definition) is 1. The van der Waals surface area contributed by atoms with E-state index in [2.05, 4.69) is 26.0 Å². The average Bonchev–Trinajstić information content (AvgIpc) is 2.17. The summed E-state index contributed by atoms with van der Waals surface area (Å²) in [5, 5.41) is 0. The highest BCUT2D eigenvalue weighted by Gasteiger charge is 2.40. The first-order valence-corrected chi connectivity index (χ1v) is 5.08. The highest BCUT2D eigenvalue weighted by Crippen LogP contribution is 2.41. The van der Waals surface area contributed by atoms with Crippen LogP contribution in [-0.2, 0) is 4.79 Å². The van der Waals surface area contributed by atoms with E-state index in [1.165, 1.54) is 0 Å². The van der Waals surface area contributed by atoms with E-state index in [-0.39, 0.29) is 11.3 Å². The van der Waals surface area contributed by atoms with E-state index in [0.29, 0.717) is 5.92 Å². The van der Waals surface area contributed by atoms with Crippen molar-refractivity contribution in [1.82, 2.24) is 0 Å². The molecular formula is C11H19NO. The summed E-state index contributed by atoms with van der Waals surface area (Å²) < 4.78 is 0. The number of allylic oxidation sites excluding steroid dienone is 2. The van der Waals surface area contributed by atoms with Gasteiger partial charge >= 0.3 is 0 Å². The Kier molecular flexibility index (Phi) is 3.12. The first-order chi connectivity index (χ1) is 6.13. The molecule has 2 unspecified atom stereocenters. The van der Waals surface area contributed by atoms with Crippen LogP contribution in [0.15, 0.2) is 12.2 Å². The van der Waals surface area contributed by atoms with E-state index in [0.717, 1.165) is 25.7 Å². The average molecular weight is 181 g/mol. The van der Waals surface area contributed by atoms with Crippen LogP contribution in [0.3, 0.4) is 0 Å².